The number of hydrogen-bond acceptors (Lipinski definition) is 5. The Morgan fingerprint density at radius 1 is 0.348 bits per heavy atom. The molecule has 5 nitrogen and oxygen atoms in total. The van der Waals surface area contributed by atoms with Gasteiger partial charge in [-0.2, -0.15) is 0 Å². The lowest BCUT2D eigenvalue weighted by Crippen LogP contribution is -2.30. The van der Waals surface area contributed by atoms with Gasteiger partial charge >= 0.3 is 11.9 Å². The summed E-state index contributed by atoms with van der Waals surface area (Å²) in [7, 11) is 0. The van der Waals surface area contributed by atoms with Crippen molar-refractivity contribution >= 4 is 11.9 Å². The number of rotatable bonds is 51. The summed E-state index contributed by atoms with van der Waals surface area (Å²) in [4.78, 5) is 25.5. The van der Waals surface area contributed by atoms with Gasteiger partial charge in [0.1, 0.15) is 6.61 Å². The van der Waals surface area contributed by atoms with Crippen molar-refractivity contribution in [2.24, 2.45) is 0 Å². The maximum Gasteiger partial charge on any atom is 0.306 e. The van der Waals surface area contributed by atoms with Crippen LogP contribution in [-0.2, 0) is 23.8 Å². The zero-order chi connectivity index (χ0) is 47.7. The van der Waals surface area contributed by atoms with Crippen molar-refractivity contribution in [3.8, 4) is 0 Å². The average Bonchev–Trinajstić information content (AvgIpc) is 3.32. The van der Waals surface area contributed by atoms with Crippen molar-refractivity contribution in [1.29, 1.82) is 0 Å². The van der Waals surface area contributed by atoms with E-state index in [1.807, 2.05) is 0 Å². The van der Waals surface area contributed by atoms with Crippen LogP contribution in [-0.4, -0.2) is 37.9 Å². The first-order chi connectivity index (χ1) is 32.6. The highest BCUT2D eigenvalue weighted by Gasteiger charge is 2.17. The Bertz CT molecular complexity index is 1220. The van der Waals surface area contributed by atoms with Crippen LogP contribution in [0.25, 0.3) is 0 Å². The van der Waals surface area contributed by atoms with Crippen LogP contribution in [0.5, 0.6) is 0 Å². The molecule has 0 heterocycles. The smallest absolute Gasteiger partial charge is 0.306 e. The molecule has 0 fully saturated rings. The van der Waals surface area contributed by atoms with Crippen molar-refractivity contribution in [3.05, 3.63) is 85.1 Å². The Morgan fingerprint density at radius 2 is 0.682 bits per heavy atom. The highest BCUT2D eigenvalue weighted by molar-refractivity contribution is 5.70. The number of carbonyl (C=O) groups is 2. The van der Waals surface area contributed by atoms with E-state index in [9.17, 15) is 9.59 Å². The average molecular weight is 920 g/mol. The SMILES string of the molecule is CC/C=C\C/C=C\C/C=C\C/C=C\C/C=C\C/C=C\CCCOCC(COC(=O)CCCCCCC/C=C\CCCCCCCC)OC(=O)CCCCCCCCCCCCCCCCC. The number of carbonyl (C=O) groups excluding carboxylic acids is 2. The molecule has 0 bridgehead atoms. The Balaban J connectivity index is 4.38. The lowest BCUT2D eigenvalue weighted by Gasteiger charge is -2.18. The van der Waals surface area contributed by atoms with Crippen molar-refractivity contribution in [2.75, 3.05) is 19.8 Å². The third-order valence-electron chi connectivity index (χ3n) is 11.9. The maximum absolute atomic E-state index is 12.8. The molecule has 0 rings (SSSR count). The third-order valence-corrected chi connectivity index (χ3v) is 11.9. The Morgan fingerprint density at radius 3 is 1.11 bits per heavy atom. The number of allylic oxidation sites excluding steroid dienone is 14. The van der Waals surface area contributed by atoms with Gasteiger partial charge in [-0.05, 0) is 89.9 Å². The topological polar surface area (TPSA) is 61.8 Å². The molecule has 0 spiro atoms. The summed E-state index contributed by atoms with van der Waals surface area (Å²) in [5.74, 6) is -0.432. The zero-order valence-corrected chi connectivity index (χ0v) is 43.7. The maximum atomic E-state index is 12.8. The summed E-state index contributed by atoms with van der Waals surface area (Å²) in [6.07, 6.45) is 74.7. The molecule has 0 aliphatic heterocycles. The van der Waals surface area contributed by atoms with Crippen molar-refractivity contribution < 1.29 is 23.8 Å². The normalized spacial score (nSPS) is 12.8. The van der Waals surface area contributed by atoms with E-state index >= 15 is 0 Å². The van der Waals surface area contributed by atoms with Crippen LogP contribution in [0.4, 0.5) is 0 Å². The highest BCUT2D eigenvalue weighted by Crippen LogP contribution is 2.15. The minimum absolute atomic E-state index is 0.0572. The number of hydrogen-bond donors (Lipinski definition) is 0. The first-order valence-corrected chi connectivity index (χ1v) is 28.1. The first kappa shape index (κ1) is 63.1. The van der Waals surface area contributed by atoms with Gasteiger partial charge in [0, 0.05) is 19.4 Å². The minimum atomic E-state index is -0.572. The quantitative estimate of drug-likeness (QED) is 0.0346. The summed E-state index contributed by atoms with van der Waals surface area (Å²) < 4.78 is 17.4. The largest absolute Gasteiger partial charge is 0.462 e. The van der Waals surface area contributed by atoms with E-state index < -0.39 is 6.10 Å². The van der Waals surface area contributed by atoms with Crippen LogP contribution in [0.2, 0.25) is 0 Å². The molecule has 66 heavy (non-hydrogen) atoms. The summed E-state index contributed by atoms with van der Waals surface area (Å²) in [6.45, 7) is 7.58. The second-order valence-corrected chi connectivity index (χ2v) is 18.5. The molecule has 0 aliphatic carbocycles. The molecule has 0 aliphatic rings. The summed E-state index contributed by atoms with van der Waals surface area (Å²) in [5, 5.41) is 0. The molecule has 0 amide bonds. The summed E-state index contributed by atoms with van der Waals surface area (Å²) in [6, 6.07) is 0. The Hall–Kier alpha value is -2.92. The second kappa shape index (κ2) is 56.4. The minimum Gasteiger partial charge on any atom is -0.462 e. The molecular weight excluding hydrogens is 813 g/mol. The standard InChI is InChI=1S/C61H106O5/c1-4-7-10-13-16-19-22-25-28-29-30-31-32-35-38-41-44-47-50-53-56-64-57-59(66-61(63)55-52-49-46-43-40-37-34-27-24-21-18-15-12-9-6-3)58-65-60(62)54-51-48-45-42-39-36-33-26-23-20-17-14-11-8-5-2/h7,10,16,19,25-26,28,30-31,33,35,38,44,47,59H,4-6,8-9,11-15,17-18,20-24,27,29,32,34,36-37,39-43,45-46,48-58H2,1-3H3/b10-7-,19-16-,28-25-,31-30-,33-26-,38-35-,47-44-. The fourth-order valence-electron chi connectivity index (χ4n) is 7.76. The molecule has 0 N–H and O–H groups in total. The summed E-state index contributed by atoms with van der Waals surface area (Å²) >= 11 is 0. The van der Waals surface area contributed by atoms with Crippen LogP contribution in [0.3, 0.4) is 0 Å². The van der Waals surface area contributed by atoms with Crippen molar-refractivity contribution in [1.82, 2.24) is 0 Å². The van der Waals surface area contributed by atoms with E-state index in [1.54, 1.807) is 0 Å². The van der Waals surface area contributed by atoms with E-state index in [1.165, 1.54) is 141 Å². The van der Waals surface area contributed by atoms with Gasteiger partial charge in [0.25, 0.3) is 0 Å². The van der Waals surface area contributed by atoms with Gasteiger partial charge in [0.2, 0.25) is 0 Å². The van der Waals surface area contributed by atoms with E-state index in [0.29, 0.717) is 19.4 Å². The summed E-state index contributed by atoms with van der Waals surface area (Å²) in [5.41, 5.74) is 0. The molecule has 0 saturated heterocycles. The number of ether oxygens (including phenoxy) is 3. The molecule has 0 radical (unpaired) electrons. The molecule has 0 saturated carbocycles. The fraction of sp³-hybridized carbons (Fsp3) is 0.738. The van der Waals surface area contributed by atoms with Crippen LogP contribution in [0.1, 0.15) is 265 Å². The lowest BCUT2D eigenvalue weighted by atomic mass is 10.0. The van der Waals surface area contributed by atoms with E-state index in [0.717, 1.165) is 89.9 Å². The van der Waals surface area contributed by atoms with E-state index in [-0.39, 0.29) is 25.2 Å². The predicted molar refractivity (Wildman–Crippen MR) is 288 cm³/mol. The Labute approximate surface area is 409 Å². The second-order valence-electron chi connectivity index (χ2n) is 18.5. The van der Waals surface area contributed by atoms with Gasteiger partial charge in [-0.3, -0.25) is 9.59 Å². The van der Waals surface area contributed by atoms with Crippen molar-refractivity contribution in [3.63, 3.8) is 0 Å². The molecule has 5 heteroatoms. The monoisotopic (exact) mass is 919 g/mol. The van der Waals surface area contributed by atoms with Gasteiger partial charge in [-0.15, -0.1) is 0 Å². The van der Waals surface area contributed by atoms with Crippen molar-refractivity contribution in [2.45, 2.75) is 271 Å². The van der Waals surface area contributed by atoms with Crippen LogP contribution in [0, 0.1) is 0 Å². The molecule has 0 aromatic heterocycles. The first-order valence-electron chi connectivity index (χ1n) is 28.1. The highest BCUT2D eigenvalue weighted by atomic mass is 16.6. The van der Waals surface area contributed by atoms with Gasteiger partial charge in [0.15, 0.2) is 6.10 Å². The van der Waals surface area contributed by atoms with Gasteiger partial charge in [-0.1, -0.05) is 247 Å². The van der Waals surface area contributed by atoms with Gasteiger partial charge in [-0.25, -0.2) is 0 Å². The third kappa shape index (κ3) is 53.7. The molecule has 1 atom stereocenters. The molecule has 1 unspecified atom stereocenters. The molecule has 0 aromatic rings. The Kier molecular flexibility index (Phi) is 53.9. The molecule has 0 aromatic carbocycles. The number of unbranched alkanes of at least 4 members (excludes halogenated alkanes) is 26. The lowest BCUT2D eigenvalue weighted by molar-refractivity contribution is -0.163. The van der Waals surface area contributed by atoms with Crippen LogP contribution < -0.4 is 0 Å². The van der Waals surface area contributed by atoms with E-state index in [4.69, 9.17) is 14.2 Å². The zero-order valence-electron chi connectivity index (χ0n) is 43.7. The van der Waals surface area contributed by atoms with Crippen LogP contribution >= 0.6 is 0 Å². The van der Waals surface area contributed by atoms with Crippen LogP contribution in [0.15, 0.2) is 85.1 Å². The fourth-order valence-corrected chi connectivity index (χ4v) is 7.76. The van der Waals surface area contributed by atoms with E-state index in [2.05, 4.69) is 106 Å². The molecular formula is C61H106O5. The predicted octanol–water partition coefficient (Wildman–Crippen LogP) is 19.2. The van der Waals surface area contributed by atoms with Gasteiger partial charge in [0.05, 0.1) is 6.61 Å². The number of esters is 2. The molecule has 380 valence electrons. The van der Waals surface area contributed by atoms with Gasteiger partial charge < -0.3 is 14.2 Å².